The molecule has 1 fully saturated rings. The van der Waals surface area contributed by atoms with Crippen LogP contribution in [0.5, 0.6) is 0 Å². The number of carbonyl (C=O) groups excluding carboxylic acids is 1. The Morgan fingerprint density at radius 1 is 1.53 bits per heavy atom. The topological polar surface area (TPSA) is 49.8 Å². The van der Waals surface area contributed by atoms with Crippen LogP contribution in [0.4, 0.5) is 0 Å². The number of nitrogens with zero attached hydrogens (tertiary/aromatic N) is 1. The third-order valence-electron chi connectivity index (χ3n) is 3.09. The normalized spacial score (nSPS) is 19.1. The minimum absolute atomic E-state index is 0.00144. The van der Waals surface area contributed by atoms with Crippen molar-refractivity contribution < 1.29 is 14.6 Å². The Balaban J connectivity index is 2.59. The maximum Gasteiger partial charge on any atom is 0.251 e. The number of carbonyl (C=O) groups is 1. The van der Waals surface area contributed by atoms with Crippen molar-refractivity contribution in [1.29, 1.82) is 0 Å². The van der Waals surface area contributed by atoms with Gasteiger partial charge in [-0.1, -0.05) is 12.8 Å². The van der Waals surface area contributed by atoms with Crippen LogP contribution in [0.2, 0.25) is 0 Å². The summed E-state index contributed by atoms with van der Waals surface area (Å²) in [6.45, 7) is 2.21. The zero-order chi connectivity index (χ0) is 11.3. The van der Waals surface area contributed by atoms with Crippen molar-refractivity contribution in [2.24, 2.45) is 0 Å². The lowest BCUT2D eigenvalue weighted by Crippen LogP contribution is -2.45. The van der Waals surface area contributed by atoms with E-state index in [1.807, 2.05) is 0 Å². The van der Waals surface area contributed by atoms with Gasteiger partial charge in [0, 0.05) is 19.7 Å². The molecular formula is C11H21NO3. The van der Waals surface area contributed by atoms with Crippen molar-refractivity contribution in [3.05, 3.63) is 0 Å². The van der Waals surface area contributed by atoms with Gasteiger partial charge < -0.3 is 14.7 Å². The number of aliphatic hydroxyl groups is 1. The summed E-state index contributed by atoms with van der Waals surface area (Å²) in [7, 11) is 1.54. The number of hydrogen-bond donors (Lipinski definition) is 1. The van der Waals surface area contributed by atoms with E-state index in [1.165, 1.54) is 20.0 Å². The second-order valence-corrected chi connectivity index (χ2v) is 4.07. The van der Waals surface area contributed by atoms with E-state index in [4.69, 9.17) is 9.84 Å². The fraction of sp³-hybridized carbons (Fsp3) is 0.909. The molecular weight excluding hydrogens is 194 g/mol. The molecule has 0 aromatic rings. The van der Waals surface area contributed by atoms with Crippen LogP contribution < -0.4 is 0 Å². The first-order chi connectivity index (χ1) is 7.20. The van der Waals surface area contributed by atoms with Crippen LogP contribution in [0, 0.1) is 0 Å². The first kappa shape index (κ1) is 12.5. The van der Waals surface area contributed by atoms with Gasteiger partial charge in [-0.2, -0.15) is 0 Å². The molecule has 15 heavy (non-hydrogen) atoms. The lowest BCUT2D eigenvalue weighted by atomic mass is 10.2. The average Bonchev–Trinajstić information content (AvgIpc) is 2.77. The summed E-state index contributed by atoms with van der Waals surface area (Å²) >= 11 is 0. The minimum atomic E-state index is -0.405. The largest absolute Gasteiger partial charge is 0.395 e. The Hall–Kier alpha value is -0.610. The van der Waals surface area contributed by atoms with E-state index >= 15 is 0 Å². The second-order valence-electron chi connectivity index (χ2n) is 4.07. The lowest BCUT2D eigenvalue weighted by Gasteiger charge is -2.30. The van der Waals surface area contributed by atoms with Crippen LogP contribution in [0.1, 0.15) is 32.6 Å². The third-order valence-corrected chi connectivity index (χ3v) is 3.09. The van der Waals surface area contributed by atoms with Gasteiger partial charge in [0.2, 0.25) is 0 Å². The quantitative estimate of drug-likeness (QED) is 0.737. The van der Waals surface area contributed by atoms with Crippen molar-refractivity contribution in [3.63, 3.8) is 0 Å². The van der Waals surface area contributed by atoms with Crippen molar-refractivity contribution >= 4 is 5.91 Å². The summed E-state index contributed by atoms with van der Waals surface area (Å²) in [5, 5.41) is 8.97. The van der Waals surface area contributed by atoms with Gasteiger partial charge in [-0.05, 0) is 19.8 Å². The van der Waals surface area contributed by atoms with E-state index in [0.717, 1.165) is 12.8 Å². The molecule has 0 bridgehead atoms. The Labute approximate surface area is 91.2 Å². The average molecular weight is 215 g/mol. The fourth-order valence-electron chi connectivity index (χ4n) is 2.13. The molecule has 4 heteroatoms. The molecule has 0 radical (unpaired) electrons. The molecule has 1 atom stereocenters. The van der Waals surface area contributed by atoms with E-state index in [2.05, 4.69) is 0 Å². The minimum Gasteiger partial charge on any atom is -0.395 e. The van der Waals surface area contributed by atoms with Crippen LogP contribution in [0.15, 0.2) is 0 Å². The number of methoxy groups -OCH3 is 1. The highest BCUT2D eigenvalue weighted by atomic mass is 16.5. The zero-order valence-electron chi connectivity index (χ0n) is 9.61. The number of rotatable bonds is 5. The Bertz CT molecular complexity index is 202. The monoisotopic (exact) mass is 215 g/mol. The van der Waals surface area contributed by atoms with E-state index in [-0.39, 0.29) is 12.5 Å². The Kier molecular flexibility index (Phi) is 5.05. The van der Waals surface area contributed by atoms with Gasteiger partial charge in [-0.3, -0.25) is 4.79 Å². The third kappa shape index (κ3) is 3.18. The highest BCUT2D eigenvalue weighted by Gasteiger charge is 2.28. The van der Waals surface area contributed by atoms with Crippen molar-refractivity contribution in [1.82, 2.24) is 4.90 Å². The Morgan fingerprint density at radius 3 is 2.60 bits per heavy atom. The molecule has 1 rings (SSSR count). The predicted molar refractivity (Wildman–Crippen MR) is 57.5 cm³/mol. The van der Waals surface area contributed by atoms with Crippen molar-refractivity contribution in [2.45, 2.75) is 44.8 Å². The summed E-state index contributed by atoms with van der Waals surface area (Å²) in [5.74, 6) is -0.00144. The second kappa shape index (κ2) is 6.08. The van der Waals surface area contributed by atoms with Crippen LogP contribution in [-0.2, 0) is 9.53 Å². The van der Waals surface area contributed by atoms with Crippen LogP contribution in [0.3, 0.4) is 0 Å². The van der Waals surface area contributed by atoms with Crippen LogP contribution >= 0.6 is 0 Å². The zero-order valence-corrected chi connectivity index (χ0v) is 9.61. The molecule has 0 aromatic carbocycles. The van der Waals surface area contributed by atoms with E-state index in [1.54, 1.807) is 11.8 Å². The van der Waals surface area contributed by atoms with Crippen molar-refractivity contribution in [3.8, 4) is 0 Å². The number of aliphatic hydroxyl groups excluding tert-OH is 1. The van der Waals surface area contributed by atoms with Gasteiger partial charge in [-0.25, -0.2) is 0 Å². The molecule has 0 aromatic heterocycles. The molecule has 0 heterocycles. The molecule has 88 valence electrons. The van der Waals surface area contributed by atoms with E-state index in [0.29, 0.717) is 12.6 Å². The molecule has 1 saturated carbocycles. The first-order valence-corrected chi connectivity index (χ1v) is 5.64. The molecule has 0 spiro atoms. The SMILES string of the molecule is COC(C)C(=O)N(CCO)C1CCCC1. The first-order valence-electron chi connectivity index (χ1n) is 5.64. The molecule has 1 amide bonds. The summed E-state index contributed by atoms with van der Waals surface area (Å²) < 4.78 is 5.03. The lowest BCUT2D eigenvalue weighted by molar-refractivity contribution is -0.143. The van der Waals surface area contributed by atoms with Gasteiger partial charge in [0.1, 0.15) is 6.10 Å². The molecule has 1 N–H and O–H groups in total. The summed E-state index contributed by atoms with van der Waals surface area (Å²) in [6, 6.07) is 0.308. The van der Waals surface area contributed by atoms with Gasteiger partial charge in [0.15, 0.2) is 0 Å². The van der Waals surface area contributed by atoms with E-state index < -0.39 is 6.10 Å². The van der Waals surface area contributed by atoms with E-state index in [9.17, 15) is 4.79 Å². The summed E-state index contributed by atoms with van der Waals surface area (Å²) in [4.78, 5) is 13.7. The van der Waals surface area contributed by atoms with Crippen LogP contribution in [0.25, 0.3) is 0 Å². The van der Waals surface area contributed by atoms with Gasteiger partial charge >= 0.3 is 0 Å². The standard InChI is InChI=1S/C11H21NO3/c1-9(15-2)11(14)12(7-8-13)10-5-3-4-6-10/h9-10,13H,3-8H2,1-2H3. The molecule has 0 aliphatic heterocycles. The van der Waals surface area contributed by atoms with Crippen LogP contribution in [-0.4, -0.2) is 48.3 Å². The molecule has 4 nitrogen and oxygen atoms in total. The number of amides is 1. The molecule has 1 unspecified atom stereocenters. The highest BCUT2D eigenvalue weighted by Crippen LogP contribution is 2.24. The molecule has 1 aliphatic rings. The van der Waals surface area contributed by atoms with Gasteiger partial charge in [0.25, 0.3) is 5.91 Å². The number of hydrogen-bond acceptors (Lipinski definition) is 3. The Morgan fingerprint density at radius 2 is 2.13 bits per heavy atom. The highest BCUT2D eigenvalue weighted by molar-refractivity contribution is 5.80. The molecule has 1 aliphatic carbocycles. The van der Waals surface area contributed by atoms with Gasteiger partial charge in [0.05, 0.1) is 6.61 Å². The summed E-state index contributed by atoms with van der Waals surface area (Å²) in [6.07, 6.45) is 4.07. The smallest absolute Gasteiger partial charge is 0.251 e. The maximum absolute atomic E-state index is 11.9. The fourth-order valence-corrected chi connectivity index (χ4v) is 2.13. The summed E-state index contributed by atoms with van der Waals surface area (Å²) in [5.41, 5.74) is 0. The predicted octanol–water partition coefficient (Wildman–Crippen LogP) is 0.785. The van der Waals surface area contributed by atoms with Crippen molar-refractivity contribution in [2.75, 3.05) is 20.3 Å². The maximum atomic E-state index is 11.9. The molecule has 0 saturated heterocycles. The number of ether oxygens (including phenoxy) is 1. The van der Waals surface area contributed by atoms with Gasteiger partial charge in [-0.15, -0.1) is 0 Å².